The number of carbonyl (C=O) groups is 1. The molecule has 0 aromatic rings. The summed E-state index contributed by atoms with van der Waals surface area (Å²) in [7, 11) is 0. The van der Waals surface area contributed by atoms with Gasteiger partial charge in [0.2, 0.25) is 6.08 Å². The summed E-state index contributed by atoms with van der Waals surface area (Å²) < 4.78 is 0. The van der Waals surface area contributed by atoms with Gasteiger partial charge in [-0.25, -0.2) is 4.79 Å². The Morgan fingerprint density at radius 1 is 1.70 bits per heavy atom. The van der Waals surface area contributed by atoms with Crippen LogP contribution in [0.5, 0.6) is 0 Å². The highest BCUT2D eigenvalue weighted by molar-refractivity contribution is 5.91. The zero-order chi connectivity index (χ0) is 7.82. The van der Waals surface area contributed by atoms with Crippen LogP contribution in [0.2, 0.25) is 0 Å². The summed E-state index contributed by atoms with van der Waals surface area (Å²) in [5, 5.41) is 0. The summed E-state index contributed by atoms with van der Waals surface area (Å²) in [4.78, 5) is 22.8. The van der Waals surface area contributed by atoms with Crippen LogP contribution in [0.4, 0.5) is 0 Å². The van der Waals surface area contributed by atoms with E-state index in [0.717, 1.165) is 12.8 Å². The highest BCUT2D eigenvalue weighted by atomic mass is 16.2. The van der Waals surface area contributed by atoms with Gasteiger partial charge in [0.05, 0.1) is 0 Å². The molecule has 0 unspecified atom stereocenters. The van der Waals surface area contributed by atoms with Gasteiger partial charge >= 0.3 is 0 Å². The maximum Gasteiger partial charge on any atom is 0.280 e. The molecule has 0 saturated heterocycles. The van der Waals surface area contributed by atoms with Gasteiger partial charge in [0.15, 0.2) is 0 Å². The van der Waals surface area contributed by atoms with Crippen LogP contribution in [0.15, 0.2) is 17.1 Å². The summed E-state index contributed by atoms with van der Waals surface area (Å²) in [6.45, 7) is 2.00. The van der Waals surface area contributed by atoms with E-state index in [4.69, 9.17) is 0 Å². The smallest absolute Gasteiger partial charge is 0.267 e. The molecule has 54 valence electrons. The average molecular weight is 139 g/mol. The van der Waals surface area contributed by atoms with E-state index in [2.05, 4.69) is 4.99 Å². The van der Waals surface area contributed by atoms with Crippen molar-refractivity contribution < 1.29 is 9.59 Å². The average Bonchev–Trinajstić information content (AvgIpc) is 1.89. The number of rotatable bonds is 3. The first-order chi connectivity index (χ1) is 4.81. The number of amides is 1. The minimum Gasteiger partial charge on any atom is -0.267 e. The zero-order valence-corrected chi connectivity index (χ0v) is 5.83. The first kappa shape index (κ1) is 8.79. The van der Waals surface area contributed by atoms with Crippen molar-refractivity contribution in [3.05, 3.63) is 12.2 Å². The van der Waals surface area contributed by atoms with Crippen LogP contribution < -0.4 is 0 Å². The molecule has 0 atom stereocenters. The van der Waals surface area contributed by atoms with Crippen molar-refractivity contribution in [2.75, 3.05) is 0 Å². The molecule has 0 fully saturated rings. The summed E-state index contributed by atoms with van der Waals surface area (Å²) in [6.07, 6.45) is 5.94. The topological polar surface area (TPSA) is 46.5 Å². The van der Waals surface area contributed by atoms with Crippen LogP contribution >= 0.6 is 0 Å². The van der Waals surface area contributed by atoms with E-state index in [9.17, 15) is 9.59 Å². The fraction of sp³-hybridized carbons (Fsp3) is 0.429. The minimum atomic E-state index is -0.538. The van der Waals surface area contributed by atoms with Gasteiger partial charge < -0.3 is 0 Å². The van der Waals surface area contributed by atoms with Gasteiger partial charge in [-0.05, 0) is 6.42 Å². The molecular weight excluding hydrogens is 130 g/mol. The van der Waals surface area contributed by atoms with Crippen LogP contribution in [0, 0.1) is 0 Å². The number of hydrogen-bond donors (Lipinski definition) is 0. The molecule has 0 aromatic carbocycles. The van der Waals surface area contributed by atoms with Gasteiger partial charge in [0, 0.05) is 6.08 Å². The highest BCUT2D eigenvalue weighted by Crippen LogP contribution is 1.88. The first-order valence-corrected chi connectivity index (χ1v) is 3.09. The zero-order valence-electron chi connectivity index (χ0n) is 5.83. The monoisotopic (exact) mass is 139 g/mol. The number of nitrogens with zero attached hydrogens (tertiary/aromatic N) is 1. The first-order valence-electron chi connectivity index (χ1n) is 3.09. The predicted octanol–water partition coefficient (Wildman–Crippen LogP) is 1.21. The molecule has 0 heterocycles. The van der Waals surface area contributed by atoms with Crippen molar-refractivity contribution in [1.29, 1.82) is 0 Å². The maximum absolute atomic E-state index is 10.4. The lowest BCUT2D eigenvalue weighted by molar-refractivity contribution is -0.113. The molecule has 0 N–H and O–H groups in total. The van der Waals surface area contributed by atoms with E-state index >= 15 is 0 Å². The number of carbonyl (C=O) groups excluding carboxylic acids is 2. The third-order valence-corrected chi connectivity index (χ3v) is 0.872. The number of hydrogen-bond acceptors (Lipinski definition) is 2. The van der Waals surface area contributed by atoms with Crippen molar-refractivity contribution in [2.45, 2.75) is 19.8 Å². The molecule has 0 rings (SSSR count). The third-order valence-electron chi connectivity index (χ3n) is 0.872. The predicted molar refractivity (Wildman–Crippen MR) is 37.2 cm³/mol. The SMILES string of the molecule is CCC/C=C/C(=O)N=C=O. The van der Waals surface area contributed by atoms with E-state index in [1.807, 2.05) is 6.92 Å². The van der Waals surface area contributed by atoms with Crippen molar-refractivity contribution in [1.82, 2.24) is 0 Å². The maximum atomic E-state index is 10.4. The van der Waals surface area contributed by atoms with Crippen LogP contribution in [0.25, 0.3) is 0 Å². The van der Waals surface area contributed by atoms with Crippen LogP contribution in [-0.2, 0) is 9.59 Å². The summed E-state index contributed by atoms with van der Waals surface area (Å²) >= 11 is 0. The molecule has 1 amide bonds. The minimum absolute atomic E-state index is 0.538. The molecule has 0 aliphatic carbocycles. The Kier molecular flexibility index (Phi) is 5.20. The molecule has 3 nitrogen and oxygen atoms in total. The van der Waals surface area contributed by atoms with Crippen molar-refractivity contribution in [2.24, 2.45) is 4.99 Å². The Morgan fingerprint density at radius 2 is 2.40 bits per heavy atom. The second-order valence-electron chi connectivity index (χ2n) is 1.73. The summed E-state index contributed by atoms with van der Waals surface area (Å²) in [5.74, 6) is -0.538. The van der Waals surface area contributed by atoms with Crippen molar-refractivity contribution in [3.63, 3.8) is 0 Å². The Bertz CT molecular complexity index is 178. The quantitative estimate of drug-likeness (QED) is 0.335. The Balaban J connectivity index is 3.66. The molecule has 0 radical (unpaired) electrons. The van der Waals surface area contributed by atoms with Crippen LogP contribution in [0.3, 0.4) is 0 Å². The largest absolute Gasteiger partial charge is 0.280 e. The molecule has 0 saturated carbocycles. The molecule has 0 aliphatic heterocycles. The lowest BCUT2D eigenvalue weighted by atomic mass is 10.3. The summed E-state index contributed by atoms with van der Waals surface area (Å²) in [5.41, 5.74) is 0. The lowest BCUT2D eigenvalue weighted by Crippen LogP contribution is -1.83. The van der Waals surface area contributed by atoms with Crippen molar-refractivity contribution in [3.8, 4) is 0 Å². The van der Waals surface area contributed by atoms with E-state index in [-0.39, 0.29) is 0 Å². The Morgan fingerprint density at radius 3 is 2.90 bits per heavy atom. The second-order valence-corrected chi connectivity index (χ2v) is 1.73. The molecule has 10 heavy (non-hydrogen) atoms. The Hall–Kier alpha value is -1.21. The van der Waals surface area contributed by atoms with E-state index < -0.39 is 5.91 Å². The molecule has 0 aromatic heterocycles. The molecule has 0 bridgehead atoms. The number of unbranched alkanes of at least 4 members (excludes halogenated alkanes) is 1. The normalized spacial score (nSPS) is 9.30. The van der Waals surface area contributed by atoms with Gasteiger partial charge in [-0.3, -0.25) is 4.79 Å². The van der Waals surface area contributed by atoms with Crippen LogP contribution in [-0.4, -0.2) is 12.0 Å². The second kappa shape index (κ2) is 5.92. The van der Waals surface area contributed by atoms with Gasteiger partial charge in [0.1, 0.15) is 0 Å². The van der Waals surface area contributed by atoms with Gasteiger partial charge in [0.25, 0.3) is 5.91 Å². The molecule has 0 aliphatic rings. The van der Waals surface area contributed by atoms with Crippen molar-refractivity contribution >= 4 is 12.0 Å². The Labute approximate surface area is 59.5 Å². The van der Waals surface area contributed by atoms with E-state index in [1.54, 1.807) is 6.08 Å². The van der Waals surface area contributed by atoms with Gasteiger partial charge in [-0.15, -0.1) is 4.99 Å². The van der Waals surface area contributed by atoms with Crippen LogP contribution in [0.1, 0.15) is 19.8 Å². The van der Waals surface area contributed by atoms with E-state index in [1.165, 1.54) is 12.2 Å². The molecule has 3 heteroatoms. The van der Waals surface area contributed by atoms with Gasteiger partial charge in [-0.1, -0.05) is 19.4 Å². The molecule has 0 spiro atoms. The fourth-order valence-electron chi connectivity index (χ4n) is 0.433. The summed E-state index contributed by atoms with van der Waals surface area (Å²) in [6, 6.07) is 0. The van der Waals surface area contributed by atoms with E-state index in [0.29, 0.717) is 0 Å². The molecular formula is C7H9NO2. The number of isocyanates is 1. The standard InChI is InChI=1S/C7H9NO2/c1-2-3-4-5-7(10)8-6-9/h4-5H,2-3H2,1H3/b5-4+. The highest BCUT2D eigenvalue weighted by Gasteiger charge is 1.86. The lowest BCUT2D eigenvalue weighted by Gasteiger charge is -1.79. The fourth-order valence-corrected chi connectivity index (χ4v) is 0.433. The van der Waals surface area contributed by atoms with Gasteiger partial charge in [-0.2, -0.15) is 0 Å². The number of aliphatic imine (C=N–C) groups is 1. The third kappa shape index (κ3) is 4.94. The number of allylic oxidation sites excluding steroid dienone is 1.